The van der Waals surface area contributed by atoms with Gasteiger partial charge in [0.2, 0.25) is 5.78 Å². The topological polar surface area (TPSA) is 37.3 Å². The SMILES string of the molecule is O=C1C(=C2CCCCC2)C(O)c2ccsc21. The average Bonchev–Trinajstić information content (AvgIpc) is 2.86. The fourth-order valence-electron chi connectivity index (χ4n) is 2.72. The number of aliphatic hydroxyl groups is 1. The Labute approximate surface area is 98.6 Å². The Bertz CT molecular complexity index is 462. The number of fused-ring (bicyclic) bond motifs is 1. The molecule has 16 heavy (non-hydrogen) atoms. The van der Waals surface area contributed by atoms with Crippen molar-refractivity contribution in [3.63, 3.8) is 0 Å². The Morgan fingerprint density at radius 3 is 2.69 bits per heavy atom. The van der Waals surface area contributed by atoms with Crippen molar-refractivity contribution in [2.24, 2.45) is 0 Å². The fraction of sp³-hybridized carbons (Fsp3) is 0.462. The first kappa shape index (κ1) is 10.2. The highest BCUT2D eigenvalue weighted by atomic mass is 32.1. The van der Waals surface area contributed by atoms with E-state index in [4.69, 9.17) is 0 Å². The number of aliphatic hydroxyl groups excluding tert-OH is 1. The van der Waals surface area contributed by atoms with Gasteiger partial charge in [0.05, 0.1) is 4.88 Å². The van der Waals surface area contributed by atoms with Crippen LogP contribution in [0.15, 0.2) is 22.6 Å². The van der Waals surface area contributed by atoms with Crippen molar-refractivity contribution < 1.29 is 9.90 Å². The van der Waals surface area contributed by atoms with Crippen molar-refractivity contribution in [1.82, 2.24) is 0 Å². The van der Waals surface area contributed by atoms with E-state index in [9.17, 15) is 9.90 Å². The van der Waals surface area contributed by atoms with E-state index in [0.29, 0.717) is 5.57 Å². The summed E-state index contributed by atoms with van der Waals surface area (Å²) in [7, 11) is 0. The Morgan fingerprint density at radius 2 is 2.00 bits per heavy atom. The molecule has 0 radical (unpaired) electrons. The molecule has 0 aromatic carbocycles. The van der Waals surface area contributed by atoms with Crippen LogP contribution in [0.1, 0.15) is 53.4 Å². The minimum Gasteiger partial charge on any atom is -0.383 e. The molecule has 2 aliphatic carbocycles. The summed E-state index contributed by atoms with van der Waals surface area (Å²) >= 11 is 1.45. The van der Waals surface area contributed by atoms with Gasteiger partial charge in [0.15, 0.2) is 0 Å². The molecule has 84 valence electrons. The highest BCUT2D eigenvalue weighted by Crippen LogP contribution is 2.42. The second-order valence-electron chi connectivity index (χ2n) is 4.51. The molecule has 2 nitrogen and oxygen atoms in total. The lowest BCUT2D eigenvalue weighted by atomic mass is 9.89. The number of hydrogen-bond donors (Lipinski definition) is 1. The molecular formula is C13H14O2S. The third-order valence-corrected chi connectivity index (χ3v) is 4.48. The van der Waals surface area contributed by atoms with Gasteiger partial charge in [-0.2, -0.15) is 0 Å². The molecule has 1 atom stereocenters. The van der Waals surface area contributed by atoms with Crippen molar-refractivity contribution >= 4 is 17.1 Å². The third-order valence-electron chi connectivity index (χ3n) is 3.55. The Hall–Kier alpha value is -0.930. The van der Waals surface area contributed by atoms with Crippen LogP contribution in [0.25, 0.3) is 0 Å². The van der Waals surface area contributed by atoms with E-state index in [1.165, 1.54) is 23.3 Å². The summed E-state index contributed by atoms with van der Waals surface area (Å²) in [6.45, 7) is 0. The standard InChI is InChI=1S/C13H14O2S/c14-11-9-6-7-16-13(9)12(15)10(11)8-4-2-1-3-5-8/h6-7,11,14H,1-5H2. The second kappa shape index (κ2) is 3.82. The molecule has 0 saturated heterocycles. The number of ketones is 1. The van der Waals surface area contributed by atoms with Gasteiger partial charge >= 0.3 is 0 Å². The van der Waals surface area contributed by atoms with Crippen LogP contribution in [-0.4, -0.2) is 10.9 Å². The maximum atomic E-state index is 12.2. The number of carbonyl (C=O) groups is 1. The summed E-state index contributed by atoms with van der Waals surface area (Å²) in [6, 6.07) is 1.87. The lowest BCUT2D eigenvalue weighted by Crippen LogP contribution is -2.07. The average molecular weight is 234 g/mol. The summed E-state index contributed by atoms with van der Waals surface area (Å²) in [5.41, 5.74) is 2.72. The zero-order chi connectivity index (χ0) is 11.1. The maximum absolute atomic E-state index is 12.2. The van der Waals surface area contributed by atoms with E-state index in [1.54, 1.807) is 0 Å². The summed E-state index contributed by atoms with van der Waals surface area (Å²) in [6.07, 6.45) is 4.91. The Kier molecular flexibility index (Phi) is 2.45. The molecule has 0 aliphatic heterocycles. The molecule has 1 aromatic heterocycles. The molecule has 2 aliphatic rings. The number of carbonyl (C=O) groups excluding carboxylic acids is 1. The summed E-state index contributed by atoms with van der Waals surface area (Å²) in [5.74, 6) is 0.0781. The number of rotatable bonds is 0. The molecule has 1 N–H and O–H groups in total. The molecule has 3 heteroatoms. The quantitative estimate of drug-likeness (QED) is 0.700. The Balaban J connectivity index is 2.05. The van der Waals surface area contributed by atoms with Crippen molar-refractivity contribution in [2.75, 3.05) is 0 Å². The molecular weight excluding hydrogens is 220 g/mol. The van der Waals surface area contributed by atoms with Crippen LogP contribution in [0.5, 0.6) is 0 Å². The molecule has 0 spiro atoms. The van der Waals surface area contributed by atoms with Gasteiger partial charge in [-0.3, -0.25) is 4.79 Å². The van der Waals surface area contributed by atoms with Gasteiger partial charge in [0.1, 0.15) is 6.10 Å². The van der Waals surface area contributed by atoms with E-state index in [1.807, 2.05) is 11.4 Å². The van der Waals surface area contributed by atoms with Crippen LogP contribution in [0.2, 0.25) is 0 Å². The normalized spacial score (nSPS) is 25.1. The number of thiophene rings is 1. The smallest absolute Gasteiger partial charge is 0.202 e. The predicted molar refractivity (Wildman–Crippen MR) is 63.7 cm³/mol. The van der Waals surface area contributed by atoms with Crippen molar-refractivity contribution in [1.29, 1.82) is 0 Å². The van der Waals surface area contributed by atoms with Crippen LogP contribution in [0.4, 0.5) is 0 Å². The van der Waals surface area contributed by atoms with Crippen LogP contribution in [0.3, 0.4) is 0 Å². The lowest BCUT2D eigenvalue weighted by Gasteiger charge is -2.17. The summed E-state index contributed by atoms with van der Waals surface area (Å²) < 4.78 is 0. The molecule has 1 unspecified atom stereocenters. The maximum Gasteiger partial charge on any atom is 0.202 e. The summed E-state index contributed by atoms with van der Waals surface area (Å²) in [5, 5.41) is 12.1. The minimum absolute atomic E-state index is 0.0781. The highest BCUT2D eigenvalue weighted by Gasteiger charge is 2.36. The molecule has 1 aromatic rings. The van der Waals surface area contributed by atoms with Crippen LogP contribution in [-0.2, 0) is 0 Å². The molecule has 3 rings (SSSR count). The van der Waals surface area contributed by atoms with Gasteiger partial charge < -0.3 is 5.11 Å². The monoisotopic (exact) mass is 234 g/mol. The molecule has 1 fully saturated rings. The van der Waals surface area contributed by atoms with Crippen LogP contribution >= 0.6 is 11.3 Å². The first-order valence-electron chi connectivity index (χ1n) is 5.81. The van der Waals surface area contributed by atoms with E-state index in [-0.39, 0.29) is 5.78 Å². The van der Waals surface area contributed by atoms with Crippen molar-refractivity contribution in [3.05, 3.63) is 33.0 Å². The van der Waals surface area contributed by atoms with E-state index in [0.717, 1.165) is 36.1 Å². The molecule has 1 saturated carbocycles. The first-order valence-corrected chi connectivity index (χ1v) is 6.69. The molecule has 1 heterocycles. The third kappa shape index (κ3) is 1.39. The van der Waals surface area contributed by atoms with E-state index < -0.39 is 6.10 Å². The highest BCUT2D eigenvalue weighted by molar-refractivity contribution is 7.12. The molecule has 0 bridgehead atoms. The Morgan fingerprint density at radius 1 is 1.25 bits per heavy atom. The van der Waals surface area contributed by atoms with Crippen molar-refractivity contribution in [2.45, 2.75) is 38.2 Å². The number of allylic oxidation sites excluding steroid dienone is 1. The fourth-order valence-corrected chi connectivity index (χ4v) is 3.61. The largest absolute Gasteiger partial charge is 0.383 e. The number of hydrogen-bond acceptors (Lipinski definition) is 3. The molecule has 0 amide bonds. The van der Waals surface area contributed by atoms with Gasteiger partial charge in [-0.25, -0.2) is 0 Å². The van der Waals surface area contributed by atoms with E-state index in [2.05, 4.69) is 0 Å². The van der Waals surface area contributed by atoms with E-state index >= 15 is 0 Å². The van der Waals surface area contributed by atoms with Gasteiger partial charge in [0, 0.05) is 11.1 Å². The summed E-state index contributed by atoms with van der Waals surface area (Å²) in [4.78, 5) is 12.9. The zero-order valence-electron chi connectivity index (χ0n) is 9.03. The van der Waals surface area contributed by atoms with Gasteiger partial charge in [0.25, 0.3) is 0 Å². The van der Waals surface area contributed by atoms with Gasteiger partial charge in [-0.05, 0) is 37.1 Å². The van der Waals surface area contributed by atoms with Gasteiger partial charge in [-0.15, -0.1) is 11.3 Å². The second-order valence-corrected chi connectivity index (χ2v) is 5.43. The van der Waals surface area contributed by atoms with Crippen molar-refractivity contribution in [3.8, 4) is 0 Å². The minimum atomic E-state index is -0.651. The first-order chi connectivity index (χ1) is 7.79. The number of Topliss-reactive ketones (excluding diaryl/α,β-unsaturated/α-hetero) is 1. The lowest BCUT2D eigenvalue weighted by molar-refractivity contribution is 0.101. The van der Waals surface area contributed by atoms with Crippen LogP contribution in [0, 0.1) is 0 Å². The zero-order valence-corrected chi connectivity index (χ0v) is 9.85. The predicted octanol–water partition coefficient (Wildman–Crippen LogP) is 3.24. The van der Waals surface area contributed by atoms with Gasteiger partial charge in [-0.1, -0.05) is 12.0 Å². The van der Waals surface area contributed by atoms with Crippen LogP contribution < -0.4 is 0 Å².